The maximum Gasteiger partial charge on any atom is 0.234 e. The first kappa shape index (κ1) is 22.0. The van der Waals surface area contributed by atoms with Crippen LogP contribution < -0.4 is 5.32 Å². The van der Waals surface area contributed by atoms with E-state index in [1.165, 1.54) is 29.5 Å². The van der Waals surface area contributed by atoms with Crippen LogP contribution in [0.15, 0.2) is 65.7 Å². The lowest BCUT2D eigenvalue weighted by molar-refractivity contribution is -0.113. The molecule has 1 N–H and O–H groups in total. The molecule has 0 fully saturated rings. The molecule has 0 bridgehead atoms. The summed E-state index contributed by atoms with van der Waals surface area (Å²) in [4.78, 5) is 22.1. The summed E-state index contributed by atoms with van der Waals surface area (Å²) in [5.41, 5.74) is 5.62. The third-order valence-corrected chi connectivity index (χ3v) is 6.31. The molecule has 0 atom stereocenters. The Labute approximate surface area is 191 Å². The van der Waals surface area contributed by atoms with Crippen LogP contribution in [0.1, 0.15) is 23.6 Å². The number of fused-ring (bicyclic) bond motifs is 1. The Morgan fingerprint density at radius 3 is 2.41 bits per heavy atom. The maximum absolute atomic E-state index is 13.4. The summed E-state index contributed by atoms with van der Waals surface area (Å²) >= 11 is 1.38. The van der Waals surface area contributed by atoms with Crippen LogP contribution in [-0.2, 0) is 11.2 Å². The number of halogens is 1. The van der Waals surface area contributed by atoms with Crippen molar-refractivity contribution >= 4 is 34.3 Å². The number of carbonyl (C=O) groups excluding carboxylic acids is 1. The van der Waals surface area contributed by atoms with Crippen molar-refractivity contribution in [3.8, 4) is 11.4 Å². The molecular formula is C26H24FN3OS. The predicted molar refractivity (Wildman–Crippen MR) is 130 cm³/mol. The van der Waals surface area contributed by atoms with Crippen molar-refractivity contribution in [2.75, 3.05) is 11.1 Å². The third kappa shape index (κ3) is 4.81. The van der Waals surface area contributed by atoms with Gasteiger partial charge in [0.25, 0.3) is 0 Å². The van der Waals surface area contributed by atoms with Gasteiger partial charge < -0.3 is 5.32 Å². The minimum atomic E-state index is -0.306. The molecule has 0 aliphatic heterocycles. The monoisotopic (exact) mass is 445 g/mol. The number of carbonyl (C=O) groups is 1. The predicted octanol–water partition coefficient (Wildman–Crippen LogP) is 6.35. The lowest BCUT2D eigenvalue weighted by atomic mass is 10.1. The maximum atomic E-state index is 13.4. The van der Waals surface area contributed by atoms with Crippen molar-refractivity contribution in [3.63, 3.8) is 0 Å². The van der Waals surface area contributed by atoms with Crippen LogP contribution >= 0.6 is 11.8 Å². The number of nitrogens with one attached hydrogen (secondary N) is 1. The summed E-state index contributed by atoms with van der Waals surface area (Å²) in [5.74, 6) is 0.340. The van der Waals surface area contributed by atoms with E-state index in [1.807, 2.05) is 44.2 Å². The van der Waals surface area contributed by atoms with Crippen molar-refractivity contribution in [2.45, 2.75) is 32.2 Å². The molecule has 0 aliphatic carbocycles. The number of hydrogen-bond acceptors (Lipinski definition) is 4. The van der Waals surface area contributed by atoms with Crippen molar-refractivity contribution in [1.82, 2.24) is 9.97 Å². The fourth-order valence-electron chi connectivity index (χ4n) is 3.53. The van der Waals surface area contributed by atoms with Gasteiger partial charge in [-0.05, 0) is 73.4 Å². The van der Waals surface area contributed by atoms with Gasteiger partial charge >= 0.3 is 0 Å². The number of rotatable bonds is 6. The first-order valence-electron chi connectivity index (χ1n) is 10.5. The number of aromatic nitrogens is 2. The minimum Gasteiger partial charge on any atom is -0.325 e. The van der Waals surface area contributed by atoms with E-state index in [1.54, 1.807) is 12.1 Å². The van der Waals surface area contributed by atoms with E-state index < -0.39 is 0 Å². The van der Waals surface area contributed by atoms with Crippen LogP contribution in [0.25, 0.3) is 22.3 Å². The lowest BCUT2D eigenvalue weighted by Crippen LogP contribution is -2.16. The van der Waals surface area contributed by atoms with Crippen molar-refractivity contribution < 1.29 is 9.18 Å². The Bertz CT molecular complexity index is 1270. The Morgan fingerprint density at radius 2 is 1.72 bits per heavy atom. The van der Waals surface area contributed by atoms with Gasteiger partial charge in [0.15, 0.2) is 5.82 Å². The average molecular weight is 446 g/mol. The zero-order valence-electron chi connectivity index (χ0n) is 18.3. The average Bonchev–Trinajstić information content (AvgIpc) is 2.80. The summed E-state index contributed by atoms with van der Waals surface area (Å²) in [6.07, 6.45) is 0.896. The largest absolute Gasteiger partial charge is 0.325 e. The number of amides is 1. The molecule has 0 saturated heterocycles. The fraction of sp³-hybridized carbons (Fsp3) is 0.192. The van der Waals surface area contributed by atoms with Crippen molar-refractivity contribution in [1.29, 1.82) is 0 Å². The molecule has 4 aromatic rings. The van der Waals surface area contributed by atoms with E-state index in [0.717, 1.165) is 44.7 Å². The number of thioether (sulfide) groups is 1. The smallest absolute Gasteiger partial charge is 0.234 e. The number of aryl methyl sites for hydroxylation is 3. The molecule has 32 heavy (non-hydrogen) atoms. The molecule has 0 radical (unpaired) electrons. The molecule has 162 valence electrons. The van der Waals surface area contributed by atoms with Gasteiger partial charge in [-0.25, -0.2) is 14.4 Å². The molecule has 4 nitrogen and oxygen atoms in total. The Morgan fingerprint density at radius 1 is 1.00 bits per heavy atom. The van der Waals surface area contributed by atoms with E-state index in [-0.39, 0.29) is 17.5 Å². The number of para-hydroxylation sites is 1. The summed E-state index contributed by atoms with van der Waals surface area (Å²) in [6.45, 7) is 6.06. The highest BCUT2D eigenvalue weighted by Gasteiger charge is 2.14. The van der Waals surface area contributed by atoms with Crippen LogP contribution in [0.5, 0.6) is 0 Å². The standard InChI is InChI=1S/C26H24FN3OS/c1-4-18-8-13-22-21(14-18)26(30-25(28-22)19-9-11-20(27)12-10-19)32-15-23(31)29-24-16(2)6-5-7-17(24)3/h5-14H,4,15H2,1-3H3,(H,29,31). The molecule has 1 aromatic heterocycles. The van der Waals surface area contributed by atoms with Crippen LogP contribution in [0.3, 0.4) is 0 Å². The van der Waals surface area contributed by atoms with E-state index in [9.17, 15) is 9.18 Å². The normalized spacial score (nSPS) is 11.0. The third-order valence-electron chi connectivity index (χ3n) is 5.32. The van der Waals surface area contributed by atoms with Crippen LogP contribution in [-0.4, -0.2) is 21.6 Å². The van der Waals surface area contributed by atoms with Crippen LogP contribution in [0.2, 0.25) is 0 Å². The zero-order chi connectivity index (χ0) is 22.7. The molecule has 0 spiro atoms. The van der Waals surface area contributed by atoms with Gasteiger partial charge in [0.1, 0.15) is 10.8 Å². The van der Waals surface area contributed by atoms with Gasteiger partial charge in [-0.15, -0.1) is 0 Å². The molecule has 0 unspecified atom stereocenters. The van der Waals surface area contributed by atoms with Crippen LogP contribution in [0, 0.1) is 19.7 Å². The first-order valence-corrected chi connectivity index (χ1v) is 11.5. The van der Waals surface area contributed by atoms with Gasteiger partial charge in [0, 0.05) is 16.6 Å². The van der Waals surface area contributed by atoms with E-state index >= 15 is 0 Å². The molecular weight excluding hydrogens is 421 g/mol. The SMILES string of the molecule is CCc1ccc2nc(-c3ccc(F)cc3)nc(SCC(=O)Nc3c(C)cccc3C)c2c1. The van der Waals surface area contributed by atoms with E-state index in [4.69, 9.17) is 4.98 Å². The van der Waals surface area contributed by atoms with Gasteiger partial charge in [-0.2, -0.15) is 0 Å². The fourth-order valence-corrected chi connectivity index (χ4v) is 4.34. The first-order chi connectivity index (χ1) is 15.4. The number of nitrogens with zero attached hydrogens (tertiary/aromatic N) is 2. The number of benzene rings is 3. The van der Waals surface area contributed by atoms with Gasteiger partial charge in [0.05, 0.1) is 11.3 Å². The van der Waals surface area contributed by atoms with Gasteiger partial charge in [-0.1, -0.05) is 43.0 Å². The molecule has 6 heteroatoms. The molecule has 4 rings (SSSR count). The van der Waals surface area contributed by atoms with E-state index in [0.29, 0.717) is 5.82 Å². The highest BCUT2D eigenvalue weighted by Crippen LogP contribution is 2.30. The van der Waals surface area contributed by atoms with Gasteiger partial charge in [0.2, 0.25) is 5.91 Å². The highest BCUT2D eigenvalue weighted by atomic mass is 32.2. The highest BCUT2D eigenvalue weighted by molar-refractivity contribution is 8.00. The summed E-state index contributed by atoms with van der Waals surface area (Å²) in [5, 5.41) is 4.68. The van der Waals surface area contributed by atoms with Gasteiger partial charge in [-0.3, -0.25) is 4.79 Å². The topological polar surface area (TPSA) is 54.9 Å². The minimum absolute atomic E-state index is 0.0888. The molecule has 0 aliphatic rings. The molecule has 3 aromatic carbocycles. The number of hydrogen-bond donors (Lipinski definition) is 1. The molecule has 0 saturated carbocycles. The molecule has 1 amide bonds. The number of anilines is 1. The summed E-state index contributed by atoms with van der Waals surface area (Å²) < 4.78 is 13.4. The second kappa shape index (κ2) is 9.49. The Kier molecular flexibility index (Phi) is 6.51. The summed E-state index contributed by atoms with van der Waals surface area (Å²) in [7, 11) is 0. The summed E-state index contributed by atoms with van der Waals surface area (Å²) in [6, 6.07) is 18.2. The Balaban J connectivity index is 1.65. The van der Waals surface area contributed by atoms with Crippen LogP contribution in [0.4, 0.5) is 10.1 Å². The molecule has 1 heterocycles. The van der Waals surface area contributed by atoms with E-state index in [2.05, 4.69) is 23.3 Å². The quantitative estimate of drug-likeness (QED) is 0.278. The zero-order valence-corrected chi connectivity index (χ0v) is 19.1. The Hall–Kier alpha value is -3.25. The van der Waals surface area contributed by atoms with Crippen molar-refractivity contribution in [2.24, 2.45) is 0 Å². The second-order valence-corrected chi connectivity index (χ2v) is 8.63. The van der Waals surface area contributed by atoms with Crippen molar-refractivity contribution in [3.05, 3.63) is 83.2 Å². The second-order valence-electron chi connectivity index (χ2n) is 7.67. The lowest BCUT2D eigenvalue weighted by Gasteiger charge is -2.12.